The van der Waals surface area contributed by atoms with Gasteiger partial charge in [-0.15, -0.1) is 0 Å². The number of benzene rings is 3. The number of pyridine rings is 1. The molecule has 5 rings (SSSR count). The van der Waals surface area contributed by atoms with Gasteiger partial charge in [-0.1, -0.05) is 87.0 Å². The summed E-state index contributed by atoms with van der Waals surface area (Å²) in [6.07, 6.45) is -0.208. The van der Waals surface area contributed by atoms with Crippen LogP contribution in [0.5, 0.6) is 0 Å². The third-order valence-corrected chi connectivity index (χ3v) is 7.44. The van der Waals surface area contributed by atoms with Crippen molar-refractivity contribution < 1.29 is 14.7 Å². The van der Waals surface area contributed by atoms with E-state index >= 15 is 0 Å². The van der Waals surface area contributed by atoms with Crippen LogP contribution in [0.3, 0.4) is 0 Å². The van der Waals surface area contributed by atoms with Crippen molar-refractivity contribution in [3.63, 3.8) is 0 Å². The van der Waals surface area contributed by atoms with E-state index < -0.39 is 17.9 Å². The third-order valence-electron chi connectivity index (χ3n) is 7.21. The van der Waals surface area contributed by atoms with Crippen LogP contribution >= 0.6 is 11.6 Å². The molecule has 0 spiro atoms. The third kappa shape index (κ3) is 5.42. The van der Waals surface area contributed by atoms with E-state index in [1.807, 2.05) is 60.7 Å². The molecule has 0 radical (unpaired) electrons. The van der Waals surface area contributed by atoms with Crippen molar-refractivity contribution in [1.82, 2.24) is 9.99 Å². The fraction of sp³-hybridized carbons (Fsp3) is 0.250. The number of halogens is 1. The molecule has 0 aliphatic carbocycles. The maximum absolute atomic E-state index is 13.6. The van der Waals surface area contributed by atoms with Gasteiger partial charge in [0.15, 0.2) is 0 Å². The van der Waals surface area contributed by atoms with E-state index in [0.717, 1.165) is 22.1 Å². The van der Waals surface area contributed by atoms with E-state index in [-0.39, 0.29) is 23.8 Å². The lowest BCUT2D eigenvalue weighted by molar-refractivity contribution is -0.141. The van der Waals surface area contributed by atoms with E-state index in [0.29, 0.717) is 33.8 Å². The number of carboxylic acid groups (broad SMARTS) is 1. The second-order valence-corrected chi connectivity index (χ2v) is 11.5. The van der Waals surface area contributed by atoms with Gasteiger partial charge in [0.05, 0.1) is 23.7 Å². The molecular weight excluding hydrogens is 526 g/mol. The van der Waals surface area contributed by atoms with Crippen molar-refractivity contribution in [2.75, 3.05) is 0 Å². The molecule has 0 fully saturated rings. The average Bonchev–Trinajstić information content (AvgIpc) is 3.36. The monoisotopic (exact) mass is 555 g/mol. The second kappa shape index (κ2) is 10.7. The molecule has 1 aliphatic heterocycles. The topological polar surface area (TPSA) is 103 Å². The molecule has 2 N–H and O–H groups in total. The Hall–Kier alpha value is -4.23. The number of hydrazone groups is 1. The van der Waals surface area contributed by atoms with E-state index in [1.54, 1.807) is 12.1 Å². The number of amides is 1. The number of hydrogen-bond donors (Lipinski definition) is 2. The molecule has 8 heteroatoms. The zero-order valence-electron chi connectivity index (χ0n) is 22.6. The normalized spacial score (nSPS) is 15.3. The van der Waals surface area contributed by atoms with Crippen LogP contribution in [0.1, 0.15) is 62.8 Å². The molecule has 40 heavy (non-hydrogen) atoms. The molecule has 4 aromatic rings. The summed E-state index contributed by atoms with van der Waals surface area (Å²) in [6.45, 7) is 6.39. The van der Waals surface area contributed by atoms with Crippen LogP contribution in [0.25, 0.3) is 22.0 Å². The summed E-state index contributed by atoms with van der Waals surface area (Å²) in [5.41, 5.74) is 4.60. The number of carboxylic acids is 1. The first-order chi connectivity index (χ1) is 19.0. The molecule has 0 saturated heterocycles. The van der Waals surface area contributed by atoms with Crippen molar-refractivity contribution in [2.45, 2.75) is 51.5 Å². The molecule has 0 saturated carbocycles. The number of H-pyrrole nitrogens is 1. The van der Waals surface area contributed by atoms with Gasteiger partial charge < -0.3 is 10.1 Å². The highest BCUT2D eigenvalue weighted by molar-refractivity contribution is 6.31. The maximum atomic E-state index is 13.6. The SMILES string of the molecule is CC(C)(C)c1ccc(C2CC(c3c(-c4ccccc4)c4cc(Cl)ccc4[nH]c3=O)=NN2C(=O)CCC(=O)O)cc1. The van der Waals surface area contributed by atoms with Crippen LogP contribution in [-0.2, 0) is 15.0 Å². The number of carbonyl (C=O) groups is 2. The average molecular weight is 556 g/mol. The standard InChI is InChI=1S/C32H30ClN3O4/c1-32(2,3)21-11-9-19(10-12-21)26-18-25(35-36(26)27(37)15-16-28(38)39)30-29(20-7-5-4-6-8-20)23-17-22(33)13-14-24(23)34-31(30)40/h4-14,17,26H,15-16,18H2,1-3H3,(H,34,40)(H,38,39). The van der Waals surface area contributed by atoms with Gasteiger partial charge >= 0.3 is 5.97 Å². The fourth-order valence-corrected chi connectivity index (χ4v) is 5.30. The van der Waals surface area contributed by atoms with Crippen LogP contribution in [0.4, 0.5) is 0 Å². The van der Waals surface area contributed by atoms with E-state index in [2.05, 4.69) is 25.8 Å². The highest BCUT2D eigenvalue weighted by Gasteiger charge is 2.35. The summed E-state index contributed by atoms with van der Waals surface area (Å²) < 4.78 is 0. The molecule has 1 atom stereocenters. The summed E-state index contributed by atoms with van der Waals surface area (Å²) in [5.74, 6) is -1.47. The number of nitrogens with one attached hydrogen (secondary N) is 1. The van der Waals surface area contributed by atoms with Crippen LogP contribution in [0, 0.1) is 0 Å². The van der Waals surface area contributed by atoms with Gasteiger partial charge in [-0.25, -0.2) is 5.01 Å². The van der Waals surface area contributed by atoms with Gasteiger partial charge in [-0.2, -0.15) is 5.10 Å². The van der Waals surface area contributed by atoms with Crippen molar-refractivity contribution >= 4 is 40.1 Å². The minimum Gasteiger partial charge on any atom is -0.481 e. The summed E-state index contributed by atoms with van der Waals surface area (Å²) in [6, 6.07) is 22.4. The number of carbonyl (C=O) groups excluding carboxylic acids is 1. The first-order valence-corrected chi connectivity index (χ1v) is 13.5. The predicted molar refractivity (Wildman–Crippen MR) is 158 cm³/mol. The van der Waals surface area contributed by atoms with Crippen LogP contribution in [0.2, 0.25) is 5.02 Å². The minimum absolute atomic E-state index is 0.0445. The number of fused-ring (bicyclic) bond motifs is 1. The number of rotatable bonds is 6. The Morgan fingerprint density at radius 2 is 1.70 bits per heavy atom. The van der Waals surface area contributed by atoms with Crippen LogP contribution in [0.15, 0.2) is 82.7 Å². The Labute approximate surface area is 237 Å². The Kier molecular flexibility index (Phi) is 7.34. The number of nitrogens with zero attached hydrogens (tertiary/aromatic N) is 2. The predicted octanol–water partition coefficient (Wildman–Crippen LogP) is 6.69. The van der Waals surface area contributed by atoms with Crippen molar-refractivity contribution in [3.05, 3.63) is 105 Å². The van der Waals surface area contributed by atoms with Gasteiger partial charge in [-0.05, 0) is 40.3 Å². The van der Waals surface area contributed by atoms with Gasteiger partial charge in [0, 0.05) is 34.3 Å². The summed E-state index contributed by atoms with van der Waals surface area (Å²) in [5, 5.41) is 16.5. The second-order valence-electron chi connectivity index (χ2n) is 11.0. The van der Waals surface area contributed by atoms with Crippen molar-refractivity contribution in [1.29, 1.82) is 0 Å². The highest BCUT2D eigenvalue weighted by Crippen LogP contribution is 2.38. The first-order valence-electron chi connectivity index (χ1n) is 13.2. The molecule has 0 bridgehead atoms. The quantitative estimate of drug-likeness (QED) is 0.277. The maximum Gasteiger partial charge on any atom is 0.303 e. The minimum atomic E-state index is -1.06. The number of aromatic nitrogens is 1. The van der Waals surface area contributed by atoms with Gasteiger partial charge in [0.1, 0.15) is 0 Å². The Balaban J connectivity index is 1.67. The lowest BCUT2D eigenvalue weighted by Gasteiger charge is -2.24. The van der Waals surface area contributed by atoms with Gasteiger partial charge in [0.2, 0.25) is 5.91 Å². The zero-order valence-corrected chi connectivity index (χ0v) is 23.3. The lowest BCUT2D eigenvalue weighted by atomic mass is 9.85. The number of aliphatic carboxylic acids is 1. The Morgan fingerprint density at radius 1 is 1.00 bits per heavy atom. The van der Waals surface area contributed by atoms with E-state index in [1.165, 1.54) is 5.01 Å². The molecule has 1 unspecified atom stereocenters. The molecule has 204 valence electrons. The number of aromatic amines is 1. The summed E-state index contributed by atoms with van der Waals surface area (Å²) >= 11 is 6.38. The van der Waals surface area contributed by atoms with Crippen molar-refractivity contribution in [3.8, 4) is 11.1 Å². The zero-order chi connectivity index (χ0) is 28.6. The summed E-state index contributed by atoms with van der Waals surface area (Å²) in [7, 11) is 0. The van der Waals surface area contributed by atoms with E-state index in [4.69, 9.17) is 16.7 Å². The molecule has 7 nitrogen and oxygen atoms in total. The van der Waals surface area contributed by atoms with Crippen LogP contribution < -0.4 is 5.56 Å². The Morgan fingerprint density at radius 3 is 2.35 bits per heavy atom. The largest absolute Gasteiger partial charge is 0.481 e. The highest BCUT2D eigenvalue weighted by atomic mass is 35.5. The molecule has 1 amide bonds. The van der Waals surface area contributed by atoms with E-state index in [9.17, 15) is 19.5 Å². The molecule has 3 aromatic carbocycles. The Bertz CT molecular complexity index is 1690. The van der Waals surface area contributed by atoms with Gasteiger partial charge in [0.25, 0.3) is 5.56 Å². The molecular formula is C32H30ClN3O4. The molecule has 2 heterocycles. The van der Waals surface area contributed by atoms with Crippen molar-refractivity contribution in [2.24, 2.45) is 5.10 Å². The molecule has 1 aliphatic rings. The smallest absolute Gasteiger partial charge is 0.303 e. The number of hydrogen-bond acceptors (Lipinski definition) is 4. The van der Waals surface area contributed by atoms with Crippen LogP contribution in [-0.4, -0.2) is 32.7 Å². The first kappa shape index (κ1) is 27.3. The van der Waals surface area contributed by atoms with Gasteiger partial charge in [-0.3, -0.25) is 14.4 Å². The lowest BCUT2D eigenvalue weighted by Crippen LogP contribution is -2.27. The fourth-order valence-electron chi connectivity index (χ4n) is 5.13. The molecule has 1 aromatic heterocycles. The summed E-state index contributed by atoms with van der Waals surface area (Å²) in [4.78, 5) is 41.1.